The van der Waals surface area contributed by atoms with Gasteiger partial charge in [-0.1, -0.05) is 6.07 Å². The molecule has 1 aliphatic rings. The number of hydrazine groups is 1. The number of nitrogens with zero attached hydrogens (tertiary/aromatic N) is 2. The second kappa shape index (κ2) is 7.81. The quantitative estimate of drug-likeness (QED) is 0.659. The van der Waals surface area contributed by atoms with Gasteiger partial charge in [0.2, 0.25) is 0 Å². The molecule has 6 nitrogen and oxygen atoms in total. The Bertz CT molecular complexity index is 409. The largest absolute Gasteiger partial charge is 0.319 e. The Kier molecular flexibility index (Phi) is 5.76. The van der Waals surface area contributed by atoms with Crippen LogP contribution in [0.25, 0.3) is 0 Å². The Hall–Kier alpha value is -1.66. The third-order valence-corrected chi connectivity index (χ3v) is 3.46. The lowest BCUT2D eigenvalue weighted by Gasteiger charge is -2.32. The second-order valence-corrected chi connectivity index (χ2v) is 5.19. The van der Waals surface area contributed by atoms with Crippen LogP contribution in [0.15, 0.2) is 24.4 Å². The molecule has 1 unspecified atom stereocenters. The number of likely N-dealkylation sites (tertiary alicyclic amines) is 1. The number of rotatable bonds is 6. The fourth-order valence-electron chi connectivity index (χ4n) is 2.56. The topological polar surface area (TPSA) is 69.3 Å². The predicted octanol–water partition coefficient (Wildman–Crippen LogP) is 0.456. The molecule has 1 atom stereocenters. The Morgan fingerprint density at radius 2 is 2.40 bits per heavy atom. The van der Waals surface area contributed by atoms with E-state index < -0.39 is 0 Å². The second-order valence-electron chi connectivity index (χ2n) is 5.19. The minimum absolute atomic E-state index is 0.0271. The molecule has 20 heavy (non-hydrogen) atoms. The van der Waals surface area contributed by atoms with Gasteiger partial charge in [-0.3, -0.25) is 20.5 Å². The van der Waals surface area contributed by atoms with Crippen molar-refractivity contribution >= 4 is 11.7 Å². The monoisotopic (exact) mass is 277 g/mol. The summed E-state index contributed by atoms with van der Waals surface area (Å²) in [5.74, 6) is 1.26. The van der Waals surface area contributed by atoms with Crippen molar-refractivity contribution in [1.82, 2.24) is 20.6 Å². The van der Waals surface area contributed by atoms with Crippen molar-refractivity contribution in [2.75, 3.05) is 38.7 Å². The Labute approximate surface area is 119 Å². The van der Waals surface area contributed by atoms with Crippen LogP contribution in [0.3, 0.4) is 0 Å². The maximum atomic E-state index is 11.9. The molecule has 2 heterocycles. The van der Waals surface area contributed by atoms with Crippen molar-refractivity contribution in [2.24, 2.45) is 5.92 Å². The van der Waals surface area contributed by atoms with Crippen LogP contribution in [0.1, 0.15) is 12.8 Å². The van der Waals surface area contributed by atoms with Gasteiger partial charge in [0.25, 0.3) is 5.91 Å². The number of amides is 1. The molecule has 110 valence electrons. The van der Waals surface area contributed by atoms with Crippen molar-refractivity contribution in [3.63, 3.8) is 0 Å². The molecule has 1 aromatic rings. The number of hydrogen-bond donors (Lipinski definition) is 3. The fourth-order valence-corrected chi connectivity index (χ4v) is 2.56. The third kappa shape index (κ3) is 4.79. The average molecular weight is 277 g/mol. The van der Waals surface area contributed by atoms with Crippen LogP contribution in [0.5, 0.6) is 0 Å². The summed E-state index contributed by atoms with van der Waals surface area (Å²) in [5.41, 5.74) is 5.51. The maximum absolute atomic E-state index is 11.9. The van der Waals surface area contributed by atoms with Gasteiger partial charge in [0.1, 0.15) is 5.82 Å². The molecular weight excluding hydrogens is 254 g/mol. The van der Waals surface area contributed by atoms with E-state index in [1.165, 1.54) is 6.42 Å². The van der Waals surface area contributed by atoms with Crippen molar-refractivity contribution < 1.29 is 4.79 Å². The smallest absolute Gasteiger partial charge is 0.252 e. The van der Waals surface area contributed by atoms with E-state index in [9.17, 15) is 4.79 Å². The van der Waals surface area contributed by atoms with Gasteiger partial charge in [-0.05, 0) is 51.0 Å². The van der Waals surface area contributed by atoms with Gasteiger partial charge in [-0.15, -0.1) is 0 Å². The van der Waals surface area contributed by atoms with E-state index >= 15 is 0 Å². The standard InChI is InChI=1S/C14H23N5O/c1-15-9-12-5-4-8-19(10-12)11-14(20)18-17-13-6-2-3-7-16-13/h2-3,6-7,12,15H,4-5,8-11H2,1H3,(H,16,17)(H,18,20). The summed E-state index contributed by atoms with van der Waals surface area (Å²) in [6, 6.07) is 5.52. The molecule has 0 bridgehead atoms. The summed E-state index contributed by atoms with van der Waals surface area (Å²) in [6.07, 6.45) is 4.08. The van der Waals surface area contributed by atoms with Gasteiger partial charge in [0.05, 0.1) is 6.54 Å². The molecular formula is C14H23N5O. The summed E-state index contributed by atoms with van der Waals surface area (Å²) in [6.45, 7) is 3.43. The van der Waals surface area contributed by atoms with E-state index in [0.717, 1.165) is 26.1 Å². The predicted molar refractivity (Wildman–Crippen MR) is 79.1 cm³/mol. The molecule has 1 amide bonds. The van der Waals surface area contributed by atoms with Crippen LogP contribution in [0.2, 0.25) is 0 Å². The molecule has 0 saturated carbocycles. The zero-order valence-electron chi connectivity index (χ0n) is 11.9. The molecule has 1 fully saturated rings. The van der Waals surface area contributed by atoms with Crippen molar-refractivity contribution in [2.45, 2.75) is 12.8 Å². The molecule has 0 radical (unpaired) electrons. The summed E-state index contributed by atoms with van der Waals surface area (Å²) < 4.78 is 0. The van der Waals surface area contributed by atoms with Crippen LogP contribution >= 0.6 is 0 Å². The van der Waals surface area contributed by atoms with Gasteiger partial charge in [-0.2, -0.15) is 0 Å². The molecule has 3 N–H and O–H groups in total. The van der Waals surface area contributed by atoms with Crippen molar-refractivity contribution in [1.29, 1.82) is 0 Å². The molecule has 1 aromatic heterocycles. The fraction of sp³-hybridized carbons (Fsp3) is 0.571. The van der Waals surface area contributed by atoms with E-state index in [1.54, 1.807) is 6.20 Å². The SMILES string of the molecule is CNCC1CCCN(CC(=O)NNc2ccccn2)C1. The molecule has 1 aliphatic heterocycles. The number of carbonyl (C=O) groups is 1. The number of piperidine rings is 1. The number of hydrogen-bond acceptors (Lipinski definition) is 5. The lowest BCUT2D eigenvalue weighted by atomic mass is 9.98. The van der Waals surface area contributed by atoms with Crippen LogP contribution < -0.4 is 16.2 Å². The molecule has 1 saturated heterocycles. The minimum atomic E-state index is -0.0271. The van der Waals surface area contributed by atoms with Gasteiger partial charge < -0.3 is 5.32 Å². The highest BCUT2D eigenvalue weighted by Gasteiger charge is 2.20. The van der Waals surface area contributed by atoms with Crippen molar-refractivity contribution in [3.05, 3.63) is 24.4 Å². The number of nitrogens with one attached hydrogen (secondary N) is 3. The Morgan fingerprint density at radius 1 is 1.50 bits per heavy atom. The first-order valence-electron chi connectivity index (χ1n) is 7.11. The van der Waals surface area contributed by atoms with Gasteiger partial charge in [0.15, 0.2) is 0 Å². The lowest BCUT2D eigenvalue weighted by molar-refractivity contribution is -0.122. The first-order valence-corrected chi connectivity index (χ1v) is 7.11. The van der Waals surface area contributed by atoms with Gasteiger partial charge in [-0.25, -0.2) is 4.98 Å². The number of aromatic nitrogens is 1. The van der Waals surface area contributed by atoms with Crippen LogP contribution in [0, 0.1) is 5.92 Å². The van der Waals surface area contributed by atoms with E-state index in [4.69, 9.17) is 0 Å². The van der Waals surface area contributed by atoms with E-state index in [0.29, 0.717) is 18.3 Å². The summed E-state index contributed by atoms with van der Waals surface area (Å²) in [4.78, 5) is 18.2. The highest BCUT2D eigenvalue weighted by atomic mass is 16.2. The van der Waals surface area contributed by atoms with Gasteiger partial charge in [0, 0.05) is 12.7 Å². The maximum Gasteiger partial charge on any atom is 0.252 e. The summed E-state index contributed by atoms with van der Waals surface area (Å²) >= 11 is 0. The molecule has 0 spiro atoms. The molecule has 2 rings (SSSR count). The van der Waals surface area contributed by atoms with E-state index in [-0.39, 0.29) is 5.91 Å². The minimum Gasteiger partial charge on any atom is -0.319 e. The zero-order valence-corrected chi connectivity index (χ0v) is 11.9. The van der Waals surface area contributed by atoms with Crippen LogP contribution in [-0.2, 0) is 4.79 Å². The third-order valence-electron chi connectivity index (χ3n) is 3.46. The highest BCUT2D eigenvalue weighted by molar-refractivity contribution is 5.79. The first-order chi connectivity index (χ1) is 9.78. The zero-order chi connectivity index (χ0) is 14.2. The van der Waals surface area contributed by atoms with Crippen molar-refractivity contribution in [3.8, 4) is 0 Å². The molecule has 0 aliphatic carbocycles. The first kappa shape index (κ1) is 14.7. The normalized spacial score (nSPS) is 19.6. The van der Waals surface area contributed by atoms with Gasteiger partial charge >= 0.3 is 0 Å². The van der Waals surface area contributed by atoms with E-state index in [1.807, 2.05) is 25.2 Å². The Balaban J connectivity index is 1.71. The number of carbonyl (C=O) groups excluding carboxylic acids is 1. The summed E-state index contributed by atoms with van der Waals surface area (Å²) in [7, 11) is 1.97. The van der Waals surface area contributed by atoms with Crippen LogP contribution in [-0.4, -0.2) is 49.0 Å². The van der Waals surface area contributed by atoms with Crippen LogP contribution in [0.4, 0.5) is 5.82 Å². The molecule has 6 heteroatoms. The number of anilines is 1. The summed E-state index contributed by atoms with van der Waals surface area (Å²) in [5, 5.41) is 3.21. The number of pyridine rings is 1. The highest BCUT2D eigenvalue weighted by Crippen LogP contribution is 2.15. The Morgan fingerprint density at radius 3 is 3.15 bits per heavy atom. The molecule has 0 aromatic carbocycles. The average Bonchev–Trinajstić information content (AvgIpc) is 2.47. The lowest BCUT2D eigenvalue weighted by Crippen LogP contribution is -2.45. The van der Waals surface area contributed by atoms with E-state index in [2.05, 4.69) is 26.1 Å².